The van der Waals surface area contributed by atoms with Gasteiger partial charge in [0.05, 0.1) is 20.1 Å². The van der Waals surface area contributed by atoms with Crippen molar-refractivity contribution in [2.45, 2.75) is 26.7 Å². The minimum absolute atomic E-state index is 0.231. The summed E-state index contributed by atoms with van der Waals surface area (Å²) in [5, 5.41) is 0. The van der Waals surface area contributed by atoms with E-state index in [2.05, 4.69) is 7.05 Å². The third kappa shape index (κ3) is 3.11. The lowest BCUT2D eigenvalue weighted by molar-refractivity contribution is -0.904. The van der Waals surface area contributed by atoms with Crippen molar-refractivity contribution in [2.24, 2.45) is 5.92 Å². The minimum atomic E-state index is 0.231. The average Bonchev–Trinajstić information content (AvgIpc) is 2.31. The number of likely N-dealkylation sites (tertiary alicyclic amines) is 1. The van der Waals surface area contributed by atoms with Crippen LogP contribution in [0.1, 0.15) is 26.7 Å². The van der Waals surface area contributed by atoms with Crippen LogP contribution in [0.25, 0.3) is 0 Å². The van der Waals surface area contributed by atoms with Crippen LogP contribution in [0.3, 0.4) is 0 Å². The highest BCUT2D eigenvalue weighted by Crippen LogP contribution is 2.24. The number of carbonyl (C=O) groups is 1. The molecular weight excluding hydrogens is 224 g/mol. The first kappa shape index (κ1) is 13.8. The lowest BCUT2D eigenvalue weighted by atomic mass is 9.94. The summed E-state index contributed by atoms with van der Waals surface area (Å²) < 4.78 is 0.906. The molecule has 1 aliphatic heterocycles. The molecule has 1 saturated heterocycles. The van der Waals surface area contributed by atoms with Crippen molar-refractivity contribution in [3.05, 3.63) is 0 Å². The van der Waals surface area contributed by atoms with Crippen LogP contribution in [0.5, 0.6) is 0 Å². The molecule has 0 spiro atoms. The third-order valence-electron chi connectivity index (χ3n) is 3.75. The maximum Gasteiger partial charge on any atom is 0.226 e. The molecule has 0 aromatic rings. The van der Waals surface area contributed by atoms with Gasteiger partial charge >= 0.3 is 0 Å². The summed E-state index contributed by atoms with van der Waals surface area (Å²) >= 11 is 5.94. The second-order valence-electron chi connectivity index (χ2n) is 4.97. The van der Waals surface area contributed by atoms with Gasteiger partial charge in [-0.1, -0.05) is 11.6 Å². The van der Waals surface area contributed by atoms with E-state index in [1.165, 1.54) is 0 Å². The molecule has 3 nitrogen and oxygen atoms in total. The summed E-state index contributed by atoms with van der Waals surface area (Å²) in [7, 11) is 2.17. The van der Waals surface area contributed by atoms with Crippen LogP contribution in [0.4, 0.5) is 0 Å². The molecule has 0 aliphatic carbocycles. The van der Waals surface area contributed by atoms with Gasteiger partial charge in [0.25, 0.3) is 0 Å². The topological polar surface area (TPSA) is 20.3 Å². The van der Waals surface area contributed by atoms with Crippen LogP contribution >= 0.6 is 11.6 Å². The molecule has 1 fully saturated rings. The van der Waals surface area contributed by atoms with Crippen molar-refractivity contribution >= 4 is 17.5 Å². The minimum Gasteiger partial charge on any atom is -0.343 e. The first-order chi connectivity index (χ1) is 7.56. The molecule has 16 heavy (non-hydrogen) atoms. The number of hydrogen-bond acceptors (Lipinski definition) is 1. The van der Waals surface area contributed by atoms with Gasteiger partial charge in [0, 0.05) is 31.8 Å². The van der Waals surface area contributed by atoms with Crippen molar-refractivity contribution in [3.63, 3.8) is 0 Å². The molecule has 0 radical (unpaired) electrons. The second-order valence-corrected chi connectivity index (χ2v) is 5.21. The van der Waals surface area contributed by atoms with Crippen LogP contribution in [0.2, 0.25) is 0 Å². The summed E-state index contributed by atoms with van der Waals surface area (Å²) in [5.41, 5.74) is 0. The number of amides is 1. The van der Waals surface area contributed by atoms with Crippen molar-refractivity contribution in [1.29, 1.82) is 0 Å². The normalized spacial score (nSPS) is 30.1. The number of piperidine rings is 1. The monoisotopic (exact) mass is 247 g/mol. The number of alkyl halides is 1. The van der Waals surface area contributed by atoms with Crippen LogP contribution in [0, 0.1) is 5.92 Å². The maximum atomic E-state index is 12.1. The van der Waals surface area contributed by atoms with Gasteiger partial charge in [0.2, 0.25) is 5.91 Å². The zero-order valence-electron chi connectivity index (χ0n) is 10.7. The van der Waals surface area contributed by atoms with Gasteiger partial charge in [0.15, 0.2) is 6.00 Å². The van der Waals surface area contributed by atoms with E-state index in [9.17, 15) is 4.79 Å². The summed E-state index contributed by atoms with van der Waals surface area (Å²) in [6.45, 7) is 7.80. The van der Waals surface area contributed by atoms with Gasteiger partial charge in [-0.25, -0.2) is 0 Å². The van der Waals surface area contributed by atoms with Crippen LogP contribution in [-0.4, -0.2) is 54.5 Å². The Hall–Kier alpha value is -0.280. The Labute approximate surface area is 104 Å². The Morgan fingerprint density at radius 3 is 2.19 bits per heavy atom. The van der Waals surface area contributed by atoms with Gasteiger partial charge in [-0.2, -0.15) is 0 Å². The fraction of sp³-hybridized carbons (Fsp3) is 0.917. The van der Waals surface area contributed by atoms with E-state index in [1.807, 2.05) is 18.7 Å². The number of nitrogens with zero attached hydrogens (tertiary/aromatic N) is 2. The van der Waals surface area contributed by atoms with E-state index in [0.717, 1.165) is 43.5 Å². The lowest BCUT2D eigenvalue weighted by Crippen LogP contribution is -2.51. The number of quaternary nitrogens is 1. The van der Waals surface area contributed by atoms with E-state index in [0.29, 0.717) is 11.9 Å². The summed E-state index contributed by atoms with van der Waals surface area (Å²) in [6, 6.07) is 0.659. The standard InChI is InChI=1S/C12H24ClN2O/c1-4-14(5-2)12(16)11-6-8-15(3,10-13)9-7-11/h11H,4-10H2,1-3H3/q+1. The molecule has 1 heterocycles. The SMILES string of the molecule is CCN(CC)C(=O)C1CC[N+](C)(CCl)CC1. The Kier molecular flexibility index (Phi) is 5.06. The molecule has 0 saturated carbocycles. The summed E-state index contributed by atoms with van der Waals surface area (Å²) in [5.74, 6) is 0.570. The Balaban J connectivity index is 2.50. The predicted octanol–water partition coefficient (Wildman–Crippen LogP) is 1.91. The number of carbonyl (C=O) groups excluding carboxylic acids is 1. The molecule has 0 aromatic heterocycles. The number of hydrogen-bond donors (Lipinski definition) is 0. The molecule has 0 unspecified atom stereocenters. The van der Waals surface area contributed by atoms with E-state index >= 15 is 0 Å². The molecule has 1 aliphatic rings. The average molecular weight is 248 g/mol. The smallest absolute Gasteiger partial charge is 0.226 e. The van der Waals surface area contributed by atoms with Crippen LogP contribution in [-0.2, 0) is 4.79 Å². The number of halogens is 1. The Morgan fingerprint density at radius 1 is 1.31 bits per heavy atom. The van der Waals surface area contributed by atoms with Gasteiger partial charge in [-0.05, 0) is 13.8 Å². The molecule has 0 aromatic carbocycles. The van der Waals surface area contributed by atoms with E-state index in [-0.39, 0.29) is 5.92 Å². The molecule has 1 rings (SSSR count). The van der Waals surface area contributed by atoms with Gasteiger partial charge in [-0.15, -0.1) is 0 Å². The quantitative estimate of drug-likeness (QED) is 0.422. The van der Waals surface area contributed by atoms with E-state index in [4.69, 9.17) is 11.6 Å². The van der Waals surface area contributed by atoms with Crippen molar-refractivity contribution < 1.29 is 9.28 Å². The first-order valence-electron chi connectivity index (χ1n) is 6.24. The molecule has 0 atom stereocenters. The molecule has 1 amide bonds. The largest absolute Gasteiger partial charge is 0.343 e. The van der Waals surface area contributed by atoms with Crippen molar-refractivity contribution in [1.82, 2.24) is 4.90 Å². The first-order valence-corrected chi connectivity index (χ1v) is 6.78. The maximum absolute atomic E-state index is 12.1. The van der Waals surface area contributed by atoms with E-state index < -0.39 is 0 Å². The van der Waals surface area contributed by atoms with E-state index in [1.54, 1.807) is 0 Å². The molecular formula is C12H24ClN2O+. The fourth-order valence-corrected chi connectivity index (χ4v) is 2.59. The summed E-state index contributed by atoms with van der Waals surface area (Å²) in [6.07, 6.45) is 1.97. The van der Waals surface area contributed by atoms with Gasteiger partial charge in [0.1, 0.15) is 0 Å². The zero-order valence-corrected chi connectivity index (χ0v) is 11.5. The zero-order chi connectivity index (χ0) is 12.2. The van der Waals surface area contributed by atoms with Crippen LogP contribution < -0.4 is 0 Å². The fourth-order valence-electron chi connectivity index (χ4n) is 2.35. The van der Waals surface area contributed by atoms with Crippen molar-refractivity contribution in [2.75, 3.05) is 39.2 Å². The third-order valence-corrected chi connectivity index (χ3v) is 4.32. The molecule has 0 bridgehead atoms. The Morgan fingerprint density at radius 2 is 1.81 bits per heavy atom. The Bertz CT molecular complexity index is 233. The summed E-state index contributed by atoms with van der Waals surface area (Å²) in [4.78, 5) is 14.1. The second kappa shape index (κ2) is 5.87. The highest BCUT2D eigenvalue weighted by atomic mass is 35.5. The highest BCUT2D eigenvalue weighted by molar-refractivity contribution is 6.16. The van der Waals surface area contributed by atoms with Gasteiger partial charge < -0.3 is 9.38 Å². The molecule has 94 valence electrons. The molecule has 4 heteroatoms. The lowest BCUT2D eigenvalue weighted by Gasteiger charge is -2.39. The predicted molar refractivity (Wildman–Crippen MR) is 67.3 cm³/mol. The number of rotatable bonds is 4. The highest BCUT2D eigenvalue weighted by Gasteiger charge is 2.33. The van der Waals surface area contributed by atoms with Gasteiger partial charge in [-0.3, -0.25) is 4.79 Å². The van der Waals surface area contributed by atoms with Crippen LogP contribution in [0.15, 0.2) is 0 Å². The van der Waals surface area contributed by atoms with Crippen molar-refractivity contribution in [3.8, 4) is 0 Å². The molecule has 0 N–H and O–H groups in total.